The molecular weight excluding hydrogens is 612 g/mol. The van der Waals surface area contributed by atoms with E-state index < -0.39 is 34.3 Å². The zero-order valence-corrected chi connectivity index (χ0v) is 26.6. The summed E-state index contributed by atoms with van der Waals surface area (Å²) in [6.07, 6.45) is 5.18. The van der Waals surface area contributed by atoms with Gasteiger partial charge >= 0.3 is 0 Å². The van der Waals surface area contributed by atoms with E-state index in [4.69, 9.17) is 23.2 Å². The second-order valence-electron chi connectivity index (χ2n) is 10.8. The van der Waals surface area contributed by atoms with Gasteiger partial charge in [-0.05, 0) is 74.2 Å². The summed E-state index contributed by atoms with van der Waals surface area (Å²) in [6.45, 7) is 2.95. The van der Waals surface area contributed by atoms with Crippen molar-refractivity contribution >= 4 is 50.7 Å². The van der Waals surface area contributed by atoms with Crippen LogP contribution in [-0.4, -0.2) is 43.8 Å². The summed E-state index contributed by atoms with van der Waals surface area (Å²) < 4.78 is 42.7. The van der Waals surface area contributed by atoms with Crippen LogP contribution < -0.4 is 9.62 Å². The van der Waals surface area contributed by atoms with Crippen molar-refractivity contribution in [2.45, 2.75) is 75.9 Å². The predicted molar refractivity (Wildman–Crippen MR) is 168 cm³/mol. The number of hydrogen-bond donors (Lipinski definition) is 1. The summed E-state index contributed by atoms with van der Waals surface area (Å²) in [7, 11) is -4.30. The summed E-state index contributed by atoms with van der Waals surface area (Å²) in [5.41, 5.74) is 1.49. The maximum Gasteiger partial charge on any atom is 0.264 e. The van der Waals surface area contributed by atoms with Crippen molar-refractivity contribution < 1.29 is 22.4 Å². The first-order chi connectivity index (χ1) is 20.5. The third-order valence-electron chi connectivity index (χ3n) is 7.67. The zero-order chi connectivity index (χ0) is 31.1. The van der Waals surface area contributed by atoms with Crippen LogP contribution in [0.25, 0.3) is 0 Å². The molecule has 1 aliphatic carbocycles. The Hall–Kier alpha value is -3.14. The van der Waals surface area contributed by atoms with E-state index in [-0.39, 0.29) is 45.5 Å². The standard InChI is InChI=1S/C32H36Cl2FN3O4S/c1-3-29(32(40)36-26-7-5-4-6-8-26)37(20-23-11-14-25(35)15-12-23)31(39)21-38(30-19-24(33)13-18-28(30)34)43(41,42)27-16-9-22(2)10-17-27/h9-19,26,29H,3-8,20-21H2,1-2H3,(H,36,40)/t29-/m1/s1. The molecule has 0 heterocycles. The Bertz CT molecular complexity index is 1530. The first-order valence-corrected chi connectivity index (χ1v) is 16.6. The van der Waals surface area contributed by atoms with Gasteiger partial charge in [0.2, 0.25) is 11.8 Å². The van der Waals surface area contributed by atoms with E-state index in [1.165, 1.54) is 59.5 Å². The van der Waals surface area contributed by atoms with E-state index in [1.807, 2.05) is 6.92 Å². The first kappa shape index (κ1) is 32.8. The second-order valence-corrected chi connectivity index (χ2v) is 13.5. The highest BCUT2D eigenvalue weighted by molar-refractivity contribution is 7.92. The molecule has 4 rings (SSSR count). The number of anilines is 1. The van der Waals surface area contributed by atoms with E-state index in [1.54, 1.807) is 19.1 Å². The Balaban J connectivity index is 1.73. The molecule has 43 heavy (non-hydrogen) atoms. The molecule has 1 N–H and O–H groups in total. The van der Waals surface area contributed by atoms with Gasteiger partial charge < -0.3 is 10.2 Å². The number of hydrogen-bond acceptors (Lipinski definition) is 4. The molecule has 0 radical (unpaired) electrons. The van der Waals surface area contributed by atoms with E-state index in [0.717, 1.165) is 42.0 Å². The third kappa shape index (κ3) is 8.28. The molecule has 0 spiro atoms. The minimum absolute atomic E-state index is 0.0155. The van der Waals surface area contributed by atoms with Gasteiger partial charge in [-0.1, -0.05) is 79.2 Å². The van der Waals surface area contributed by atoms with Gasteiger partial charge in [-0.3, -0.25) is 13.9 Å². The smallest absolute Gasteiger partial charge is 0.264 e. The van der Waals surface area contributed by atoms with Crippen molar-refractivity contribution in [2.75, 3.05) is 10.8 Å². The minimum atomic E-state index is -4.30. The highest BCUT2D eigenvalue weighted by atomic mass is 35.5. The number of sulfonamides is 1. The van der Waals surface area contributed by atoms with Gasteiger partial charge in [0.1, 0.15) is 18.4 Å². The zero-order valence-electron chi connectivity index (χ0n) is 24.2. The van der Waals surface area contributed by atoms with Crippen LogP contribution in [0.2, 0.25) is 10.0 Å². The van der Waals surface area contributed by atoms with Crippen molar-refractivity contribution in [3.8, 4) is 0 Å². The molecule has 1 atom stereocenters. The number of nitrogens with one attached hydrogen (secondary N) is 1. The highest BCUT2D eigenvalue weighted by Crippen LogP contribution is 2.33. The molecule has 1 saturated carbocycles. The summed E-state index contributed by atoms with van der Waals surface area (Å²) in [5.74, 6) is -1.37. The summed E-state index contributed by atoms with van der Waals surface area (Å²) in [5, 5.41) is 3.42. The quantitative estimate of drug-likeness (QED) is 0.245. The Morgan fingerprint density at radius 1 is 0.977 bits per heavy atom. The number of amides is 2. The number of benzene rings is 3. The molecule has 0 aromatic heterocycles. The van der Waals surface area contributed by atoms with Gasteiger partial charge in [-0.25, -0.2) is 12.8 Å². The molecule has 0 bridgehead atoms. The van der Waals surface area contributed by atoms with Crippen LogP contribution in [0.1, 0.15) is 56.6 Å². The average molecular weight is 649 g/mol. The van der Waals surface area contributed by atoms with Gasteiger partial charge in [-0.2, -0.15) is 0 Å². The lowest BCUT2D eigenvalue weighted by Crippen LogP contribution is -2.54. The van der Waals surface area contributed by atoms with Gasteiger partial charge in [0, 0.05) is 17.6 Å². The molecule has 0 aliphatic heterocycles. The van der Waals surface area contributed by atoms with E-state index in [2.05, 4.69) is 5.32 Å². The number of carbonyl (C=O) groups excluding carboxylic acids is 2. The van der Waals surface area contributed by atoms with E-state index in [9.17, 15) is 22.4 Å². The average Bonchev–Trinajstić information content (AvgIpc) is 2.98. The Kier molecular flexibility index (Phi) is 11.1. The maximum atomic E-state index is 14.2. The molecule has 0 saturated heterocycles. The van der Waals surface area contributed by atoms with Crippen LogP contribution in [-0.2, 0) is 26.2 Å². The summed E-state index contributed by atoms with van der Waals surface area (Å²) >= 11 is 12.7. The number of halogens is 3. The third-order valence-corrected chi connectivity index (χ3v) is 10.00. The molecule has 2 amide bonds. The summed E-state index contributed by atoms with van der Waals surface area (Å²) in [4.78, 5) is 29.1. The van der Waals surface area contributed by atoms with Crippen LogP contribution in [0.5, 0.6) is 0 Å². The van der Waals surface area contributed by atoms with Crippen molar-refractivity contribution in [3.05, 3.63) is 93.7 Å². The van der Waals surface area contributed by atoms with Gasteiger partial charge in [0.05, 0.1) is 15.6 Å². The molecule has 230 valence electrons. The van der Waals surface area contributed by atoms with Gasteiger partial charge in [0.25, 0.3) is 10.0 Å². The number of nitrogens with zero attached hydrogens (tertiary/aromatic N) is 2. The van der Waals surface area contributed by atoms with Crippen LogP contribution >= 0.6 is 23.2 Å². The molecular formula is C32H36Cl2FN3O4S. The lowest BCUT2D eigenvalue weighted by atomic mass is 9.95. The number of rotatable bonds is 11. The van der Waals surface area contributed by atoms with Gasteiger partial charge in [0.15, 0.2) is 0 Å². The number of carbonyl (C=O) groups is 2. The molecule has 11 heteroatoms. The monoisotopic (exact) mass is 647 g/mol. The maximum absolute atomic E-state index is 14.2. The first-order valence-electron chi connectivity index (χ1n) is 14.4. The van der Waals surface area contributed by atoms with Crippen molar-refractivity contribution in [1.29, 1.82) is 0 Å². The van der Waals surface area contributed by atoms with Crippen molar-refractivity contribution in [2.24, 2.45) is 0 Å². The fourth-order valence-corrected chi connectivity index (χ4v) is 7.14. The minimum Gasteiger partial charge on any atom is -0.352 e. The van der Waals surface area contributed by atoms with Crippen LogP contribution in [0.15, 0.2) is 71.6 Å². The molecule has 3 aromatic carbocycles. The molecule has 7 nitrogen and oxygen atoms in total. The van der Waals surface area contributed by atoms with Crippen LogP contribution in [0.4, 0.5) is 10.1 Å². The second kappa shape index (κ2) is 14.6. The molecule has 0 unspecified atom stereocenters. The largest absolute Gasteiger partial charge is 0.352 e. The van der Waals surface area contributed by atoms with E-state index >= 15 is 0 Å². The molecule has 3 aromatic rings. The Morgan fingerprint density at radius 3 is 2.26 bits per heavy atom. The lowest BCUT2D eigenvalue weighted by Gasteiger charge is -2.34. The Labute approximate surface area is 263 Å². The lowest BCUT2D eigenvalue weighted by molar-refractivity contribution is -0.140. The fourth-order valence-electron chi connectivity index (χ4n) is 5.28. The molecule has 1 aliphatic rings. The fraction of sp³-hybridized carbons (Fsp3) is 0.375. The van der Waals surface area contributed by atoms with Crippen LogP contribution in [0.3, 0.4) is 0 Å². The topological polar surface area (TPSA) is 86.8 Å². The highest BCUT2D eigenvalue weighted by Gasteiger charge is 2.35. The van der Waals surface area contributed by atoms with Crippen molar-refractivity contribution in [1.82, 2.24) is 10.2 Å². The van der Waals surface area contributed by atoms with Crippen LogP contribution in [0, 0.1) is 12.7 Å². The predicted octanol–water partition coefficient (Wildman–Crippen LogP) is 6.89. The SMILES string of the molecule is CC[C@H](C(=O)NC1CCCCC1)N(Cc1ccc(F)cc1)C(=O)CN(c1cc(Cl)ccc1Cl)S(=O)(=O)c1ccc(C)cc1. The normalized spacial score (nSPS) is 14.6. The van der Waals surface area contributed by atoms with Gasteiger partial charge in [-0.15, -0.1) is 0 Å². The summed E-state index contributed by atoms with van der Waals surface area (Å²) in [6, 6.07) is 15.4. The Morgan fingerprint density at radius 2 is 1.63 bits per heavy atom. The number of aryl methyl sites for hydroxylation is 1. The molecule has 1 fully saturated rings. The van der Waals surface area contributed by atoms with Crippen molar-refractivity contribution in [3.63, 3.8) is 0 Å². The van der Waals surface area contributed by atoms with E-state index in [0.29, 0.717) is 5.56 Å².